The summed E-state index contributed by atoms with van der Waals surface area (Å²) >= 11 is 0. The molecule has 0 bridgehead atoms. The van der Waals surface area contributed by atoms with E-state index in [1.165, 1.54) is 28.4 Å². The van der Waals surface area contributed by atoms with Crippen molar-refractivity contribution in [3.8, 4) is 28.7 Å². The van der Waals surface area contributed by atoms with Crippen molar-refractivity contribution in [2.45, 2.75) is 12.5 Å². The van der Waals surface area contributed by atoms with Crippen molar-refractivity contribution in [3.63, 3.8) is 0 Å². The molecule has 0 saturated carbocycles. The van der Waals surface area contributed by atoms with Crippen molar-refractivity contribution < 1.29 is 29.2 Å². The molecule has 1 atom stereocenters. The van der Waals surface area contributed by atoms with Crippen molar-refractivity contribution in [1.82, 2.24) is 0 Å². The lowest BCUT2D eigenvalue weighted by molar-refractivity contribution is 0.177. The largest absolute Gasteiger partial charge is 0.504 e. The molecule has 2 aromatic carbocycles. The average molecular weight is 361 g/mol. The summed E-state index contributed by atoms with van der Waals surface area (Å²) < 4.78 is 20.9. The monoisotopic (exact) mass is 360 g/mol. The molecular weight excluding hydrogens is 336 g/mol. The molecule has 134 valence electrons. The second-order valence-corrected chi connectivity index (χ2v) is 5.18. The predicted molar refractivity (Wildman–Crippen MR) is 98.0 cm³/mol. The number of rotatable bonds is 7. The van der Waals surface area contributed by atoms with E-state index in [-0.39, 0.29) is 28.8 Å². The number of aliphatic hydroxyl groups is 1. The van der Waals surface area contributed by atoms with Crippen LogP contribution in [0.25, 0.3) is 0 Å². The zero-order chi connectivity index (χ0) is 17.7. The van der Waals surface area contributed by atoms with Crippen LogP contribution in [0, 0.1) is 0 Å². The van der Waals surface area contributed by atoms with Crippen LogP contribution in [0.3, 0.4) is 0 Å². The van der Waals surface area contributed by atoms with E-state index in [4.69, 9.17) is 18.9 Å². The first-order chi connectivity index (χ1) is 11.5. The summed E-state index contributed by atoms with van der Waals surface area (Å²) in [6.45, 7) is 0. The number of aliphatic hydroxyl groups excluding tert-OH is 1. The fourth-order valence-corrected chi connectivity index (χ4v) is 2.50. The molecular formula is C18H24MgO6. The van der Waals surface area contributed by atoms with E-state index in [9.17, 15) is 10.2 Å². The average Bonchev–Trinajstić information content (AvgIpc) is 2.60. The SMILES string of the molecule is COc1ccc(C[C@@H](O)c2cc(OC)c(OC)c(OC)c2)cc1O.[MgH2]. The maximum Gasteiger partial charge on any atom is 0.316 e. The fraction of sp³-hybridized carbons (Fsp3) is 0.333. The lowest BCUT2D eigenvalue weighted by atomic mass is 10.00. The molecule has 0 saturated heterocycles. The van der Waals surface area contributed by atoms with Gasteiger partial charge in [0.1, 0.15) is 0 Å². The van der Waals surface area contributed by atoms with Gasteiger partial charge < -0.3 is 29.2 Å². The molecule has 2 rings (SSSR count). The third-order valence-electron chi connectivity index (χ3n) is 3.74. The van der Waals surface area contributed by atoms with E-state index in [2.05, 4.69) is 0 Å². The fourth-order valence-electron chi connectivity index (χ4n) is 2.50. The van der Waals surface area contributed by atoms with Crippen LogP contribution in [0.1, 0.15) is 17.2 Å². The van der Waals surface area contributed by atoms with Gasteiger partial charge in [-0.1, -0.05) is 6.07 Å². The number of benzene rings is 2. The Morgan fingerprint density at radius 3 is 1.84 bits per heavy atom. The summed E-state index contributed by atoms with van der Waals surface area (Å²) in [5, 5.41) is 20.4. The lowest BCUT2D eigenvalue weighted by Gasteiger charge is -2.17. The van der Waals surface area contributed by atoms with Crippen LogP contribution < -0.4 is 18.9 Å². The van der Waals surface area contributed by atoms with Gasteiger partial charge in [-0.2, -0.15) is 0 Å². The molecule has 6 nitrogen and oxygen atoms in total. The van der Waals surface area contributed by atoms with Gasteiger partial charge in [-0.3, -0.25) is 0 Å². The highest BCUT2D eigenvalue weighted by Gasteiger charge is 2.18. The summed E-state index contributed by atoms with van der Waals surface area (Å²) in [5.74, 6) is 1.85. The highest BCUT2D eigenvalue weighted by molar-refractivity contribution is 5.75. The standard InChI is InChI=1S/C18H22O6.Mg.2H/c1-21-15-6-5-11(8-14(15)20)7-13(19)12-9-16(22-2)18(24-4)17(10-12)23-3;;;/h5-6,8-10,13,19-20H,7H2,1-4H3;;;/t13-;;;/m1.../s1. The van der Waals surface area contributed by atoms with Crippen LogP contribution in [0.2, 0.25) is 0 Å². The number of phenols is 1. The minimum absolute atomic E-state index is 0. The number of hydrogen-bond acceptors (Lipinski definition) is 6. The summed E-state index contributed by atoms with van der Waals surface area (Å²) in [5.41, 5.74) is 1.40. The summed E-state index contributed by atoms with van der Waals surface area (Å²) in [6.07, 6.45) is -0.484. The minimum atomic E-state index is -0.800. The molecule has 2 N–H and O–H groups in total. The van der Waals surface area contributed by atoms with Crippen LogP contribution in [0.5, 0.6) is 28.7 Å². The van der Waals surface area contributed by atoms with Crippen LogP contribution >= 0.6 is 0 Å². The first-order valence-electron chi connectivity index (χ1n) is 7.37. The zero-order valence-corrected chi connectivity index (χ0v) is 14.2. The van der Waals surface area contributed by atoms with Gasteiger partial charge in [-0.15, -0.1) is 0 Å². The molecule has 25 heavy (non-hydrogen) atoms. The third kappa shape index (κ3) is 4.84. The minimum Gasteiger partial charge on any atom is -0.504 e. The summed E-state index contributed by atoms with van der Waals surface area (Å²) in [6, 6.07) is 8.43. The Morgan fingerprint density at radius 2 is 1.40 bits per heavy atom. The van der Waals surface area contributed by atoms with Crippen molar-refractivity contribution in [2.75, 3.05) is 28.4 Å². The molecule has 0 aromatic heterocycles. The molecule has 2 aromatic rings. The second-order valence-electron chi connectivity index (χ2n) is 5.18. The Morgan fingerprint density at radius 1 is 0.840 bits per heavy atom. The van der Waals surface area contributed by atoms with E-state index in [0.717, 1.165) is 5.56 Å². The predicted octanol–water partition coefficient (Wildman–Crippen LogP) is 1.79. The molecule has 7 heteroatoms. The topological polar surface area (TPSA) is 77.4 Å². The quantitative estimate of drug-likeness (QED) is 0.733. The zero-order valence-electron chi connectivity index (χ0n) is 14.2. The molecule has 0 unspecified atom stereocenters. The smallest absolute Gasteiger partial charge is 0.316 e. The first-order valence-corrected chi connectivity index (χ1v) is 7.37. The molecule has 0 aliphatic heterocycles. The molecule has 0 aliphatic carbocycles. The summed E-state index contributed by atoms with van der Waals surface area (Å²) in [7, 11) is 6.06. The van der Waals surface area contributed by atoms with Crippen molar-refractivity contribution >= 4 is 23.1 Å². The lowest BCUT2D eigenvalue weighted by Crippen LogP contribution is -2.04. The molecule has 0 heterocycles. The van der Waals surface area contributed by atoms with Crippen molar-refractivity contribution in [1.29, 1.82) is 0 Å². The second kappa shape index (κ2) is 9.60. The van der Waals surface area contributed by atoms with Crippen LogP contribution in [0.4, 0.5) is 0 Å². The number of hydrogen-bond donors (Lipinski definition) is 2. The van der Waals surface area contributed by atoms with Gasteiger partial charge in [0.05, 0.1) is 34.5 Å². The van der Waals surface area contributed by atoms with E-state index in [1.807, 2.05) is 0 Å². The van der Waals surface area contributed by atoms with Gasteiger partial charge in [0.25, 0.3) is 0 Å². The molecule has 0 radical (unpaired) electrons. The van der Waals surface area contributed by atoms with E-state index in [0.29, 0.717) is 35.0 Å². The van der Waals surface area contributed by atoms with E-state index < -0.39 is 6.10 Å². The Kier molecular flexibility index (Phi) is 8.14. The third-order valence-corrected chi connectivity index (χ3v) is 3.74. The summed E-state index contributed by atoms with van der Waals surface area (Å²) in [4.78, 5) is 0. The Bertz CT molecular complexity index is 679. The Labute approximate surface area is 163 Å². The maximum absolute atomic E-state index is 10.5. The number of methoxy groups -OCH3 is 4. The highest BCUT2D eigenvalue weighted by atomic mass is 24.3. The van der Waals surface area contributed by atoms with E-state index in [1.54, 1.807) is 30.3 Å². The number of aromatic hydroxyl groups is 1. The molecule has 0 spiro atoms. The Hall–Kier alpha value is -1.83. The number of phenolic OH excluding ortho intramolecular Hbond substituents is 1. The maximum atomic E-state index is 10.5. The van der Waals surface area contributed by atoms with E-state index >= 15 is 0 Å². The van der Waals surface area contributed by atoms with Gasteiger partial charge in [-0.05, 0) is 35.4 Å². The molecule has 0 aliphatic rings. The van der Waals surface area contributed by atoms with Gasteiger partial charge in [0, 0.05) is 6.42 Å². The van der Waals surface area contributed by atoms with Gasteiger partial charge in [0.2, 0.25) is 5.75 Å². The van der Waals surface area contributed by atoms with Gasteiger partial charge in [-0.25, -0.2) is 0 Å². The van der Waals surface area contributed by atoms with Gasteiger partial charge in [0.15, 0.2) is 23.0 Å². The number of ether oxygens (including phenoxy) is 4. The molecule has 0 fully saturated rings. The Balaban J connectivity index is 0.00000312. The first kappa shape index (κ1) is 21.2. The highest BCUT2D eigenvalue weighted by Crippen LogP contribution is 2.40. The normalized spacial score (nSPS) is 11.2. The van der Waals surface area contributed by atoms with Gasteiger partial charge >= 0.3 is 23.1 Å². The molecule has 0 amide bonds. The van der Waals surface area contributed by atoms with Crippen LogP contribution in [-0.2, 0) is 6.42 Å². The van der Waals surface area contributed by atoms with Crippen molar-refractivity contribution in [2.24, 2.45) is 0 Å². The van der Waals surface area contributed by atoms with Crippen LogP contribution in [0.15, 0.2) is 30.3 Å². The van der Waals surface area contributed by atoms with Crippen molar-refractivity contribution in [3.05, 3.63) is 41.5 Å². The van der Waals surface area contributed by atoms with Crippen LogP contribution in [-0.4, -0.2) is 61.7 Å².